The molecule has 0 bridgehead atoms. The lowest BCUT2D eigenvalue weighted by molar-refractivity contribution is 0.0700. The number of aromatic nitrogens is 1. The minimum atomic E-state index is -0.132. The van der Waals surface area contributed by atoms with Crippen molar-refractivity contribution < 1.29 is 4.79 Å². The number of benzene rings is 1. The third-order valence-electron chi connectivity index (χ3n) is 3.25. The maximum Gasteiger partial charge on any atom is 0.270 e. The smallest absolute Gasteiger partial charge is 0.270 e. The standard InChI is InChI=1S/C13H16N4O/c14-12-8-17(6-5-15-12)13(18)11-7-9-3-1-2-4-10(9)16-11/h1-4,7,12,15-16H,5-6,8,14H2. The number of carbonyl (C=O) groups is 1. The zero-order valence-corrected chi connectivity index (χ0v) is 10.0. The molecule has 1 aromatic heterocycles. The summed E-state index contributed by atoms with van der Waals surface area (Å²) < 4.78 is 0. The number of H-pyrrole nitrogens is 1. The highest BCUT2D eigenvalue weighted by Crippen LogP contribution is 2.16. The van der Waals surface area contributed by atoms with Crippen molar-refractivity contribution in [3.63, 3.8) is 0 Å². The van der Waals surface area contributed by atoms with E-state index in [1.165, 1.54) is 0 Å². The molecule has 1 amide bonds. The van der Waals surface area contributed by atoms with Gasteiger partial charge in [-0.3, -0.25) is 10.1 Å². The first kappa shape index (κ1) is 11.3. The van der Waals surface area contributed by atoms with Gasteiger partial charge in [-0.15, -0.1) is 0 Å². The molecular formula is C13H16N4O. The molecule has 2 heterocycles. The van der Waals surface area contributed by atoms with Crippen LogP contribution in [0.5, 0.6) is 0 Å². The van der Waals surface area contributed by atoms with E-state index in [2.05, 4.69) is 10.3 Å². The molecule has 1 fully saturated rings. The van der Waals surface area contributed by atoms with Gasteiger partial charge in [0.25, 0.3) is 5.91 Å². The van der Waals surface area contributed by atoms with E-state index in [9.17, 15) is 4.79 Å². The number of fused-ring (bicyclic) bond motifs is 1. The average molecular weight is 244 g/mol. The summed E-state index contributed by atoms with van der Waals surface area (Å²) in [5, 5.41) is 4.17. The number of carbonyl (C=O) groups excluding carboxylic acids is 1. The molecule has 1 aliphatic rings. The number of piperazine rings is 1. The molecule has 0 spiro atoms. The van der Waals surface area contributed by atoms with Crippen LogP contribution in [-0.4, -0.2) is 41.6 Å². The second kappa shape index (κ2) is 4.44. The van der Waals surface area contributed by atoms with E-state index < -0.39 is 0 Å². The maximum atomic E-state index is 12.3. The quantitative estimate of drug-likeness (QED) is 0.684. The van der Waals surface area contributed by atoms with Crippen LogP contribution in [0.4, 0.5) is 0 Å². The Morgan fingerprint density at radius 2 is 2.22 bits per heavy atom. The Kier molecular flexibility index (Phi) is 2.77. The lowest BCUT2D eigenvalue weighted by atomic mass is 10.2. The molecule has 5 nitrogen and oxygen atoms in total. The van der Waals surface area contributed by atoms with Crippen molar-refractivity contribution in [1.82, 2.24) is 15.2 Å². The van der Waals surface area contributed by atoms with Crippen molar-refractivity contribution >= 4 is 16.8 Å². The summed E-state index contributed by atoms with van der Waals surface area (Å²) in [6.45, 7) is 1.99. The number of nitrogens with zero attached hydrogens (tertiary/aromatic N) is 1. The lowest BCUT2D eigenvalue weighted by Crippen LogP contribution is -2.56. The van der Waals surface area contributed by atoms with Crippen LogP contribution in [0.3, 0.4) is 0 Å². The Morgan fingerprint density at radius 1 is 1.39 bits per heavy atom. The number of hydrogen-bond donors (Lipinski definition) is 3. The molecule has 2 aromatic rings. The number of nitrogens with two attached hydrogens (primary N) is 1. The molecule has 1 aliphatic heterocycles. The number of para-hydroxylation sites is 1. The Morgan fingerprint density at radius 3 is 3.00 bits per heavy atom. The van der Waals surface area contributed by atoms with Crippen molar-refractivity contribution in [3.05, 3.63) is 36.0 Å². The highest BCUT2D eigenvalue weighted by Gasteiger charge is 2.22. The molecule has 1 aromatic carbocycles. The number of nitrogens with one attached hydrogen (secondary N) is 2. The molecule has 1 saturated heterocycles. The fourth-order valence-corrected chi connectivity index (χ4v) is 2.32. The van der Waals surface area contributed by atoms with E-state index in [4.69, 9.17) is 5.73 Å². The molecule has 4 N–H and O–H groups in total. The van der Waals surface area contributed by atoms with Crippen LogP contribution in [0.1, 0.15) is 10.5 Å². The zero-order valence-electron chi connectivity index (χ0n) is 10.0. The molecule has 3 rings (SSSR count). The Balaban J connectivity index is 1.87. The Bertz CT molecular complexity index is 544. The van der Waals surface area contributed by atoms with Gasteiger partial charge in [-0.1, -0.05) is 18.2 Å². The first-order valence-electron chi connectivity index (χ1n) is 6.10. The van der Waals surface area contributed by atoms with Gasteiger partial charge in [-0.25, -0.2) is 0 Å². The summed E-state index contributed by atoms with van der Waals surface area (Å²) >= 11 is 0. The van der Waals surface area contributed by atoms with Crippen molar-refractivity contribution in [3.8, 4) is 0 Å². The van der Waals surface area contributed by atoms with Crippen LogP contribution in [0.15, 0.2) is 30.3 Å². The highest BCUT2D eigenvalue weighted by atomic mass is 16.2. The predicted octanol–water partition coefficient (Wildman–Crippen LogP) is 0.498. The van der Waals surface area contributed by atoms with Gasteiger partial charge in [0.15, 0.2) is 0 Å². The largest absolute Gasteiger partial charge is 0.351 e. The molecule has 1 atom stereocenters. The van der Waals surface area contributed by atoms with Crippen molar-refractivity contribution in [2.75, 3.05) is 19.6 Å². The van der Waals surface area contributed by atoms with Gasteiger partial charge in [0, 0.05) is 30.5 Å². The Labute approximate surface area is 105 Å². The maximum absolute atomic E-state index is 12.3. The van der Waals surface area contributed by atoms with Gasteiger partial charge in [-0.05, 0) is 12.1 Å². The molecule has 0 saturated carbocycles. The van der Waals surface area contributed by atoms with Gasteiger partial charge in [0.05, 0.1) is 6.17 Å². The summed E-state index contributed by atoms with van der Waals surface area (Å²) in [5.41, 5.74) is 7.42. The van der Waals surface area contributed by atoms with Crippen LogP contribution < -0.4 is 11.1 Å². The minimum absolute atomic E-state index is 0.0168. The topological polar surface area (TPSA) is 74.1 Å². The van der Waals surface area contributed by atoms with E-state index in [1.807, 2.05) is 30.3 Å². The lowest BCUT2D eigenvalue weighted by Gasteiger charge is -2.31. The second-order valence-electron chi connectivity index (χ2n) is 4.58. The molecule has 18 heavy (non-hydrogen) atoms. The first-order chi connectivity index (χ1) is 8.74. The number of aromatic amines is 1. The van der Waals surface area contributed by atoms with Crippen molar-refractivity contribution in [2.24, 2.45) is 5.73 Å². The molecular weight excluding hydrogens is 228 g/mol. The molecule has 0 radical (unpaired) electrons. The molecule has 1 unspecified atom stereocenters. The first-order valence-corrected chi connectivity index (χ1v) is 6.10. The van der Waals surface area contributed by atoms with E-state index >= 15 is 0 Å². The third kappa shape index (κ3) is 1.98. The normalized spacial score (nSPS) is 20.3. The SMILES string of the molecule is NC1CN(C(=O)c2cc3ccccc3[nH]2)CCN1. The van der Waals surface area contributed by atoms with Crippen LogP contribution >= 0.6 is 0 Å². The van der Waals surface area contributed by atoms with E-state index in [1.54, 1.807) is 4.90 Å². The van der Waals surface area contributed by atoms with Gasteiger partial charge in [0.1, 0.15) is 5.69 Å². The van der Waals surface area contributed by atoms with Crippen LogP contribution in [0.25, 0.3) is 10.9 Å². The fraction of sp³-hybridized carbons (Fsp3) is 0.308. The Hall–Kier alpha value is -1.85. The van der Waals surface area contributed by atoms with Crippen molar-refractivity contribution in [2.45, 2.75) is 6.17 Å². The highest BCUT2D eigenvalue weighted by molar-refractivity contribution is 5.98. The number of amides is 1. The summed E-state index contributed by atoms with van der Waals surface area (Å²) in [4.78, 5) is 17.3. The van der Waals surface area contributed by atoms with Crippen LogP contribution in [0.2, 0.25) is 0 Å². The predicted molar refractivity (Wildman–Crippen MR) is 70.2 cm³/mol. The van der Waals surface area contributed by atoms with Gasteiger partial charge in [-0.2, -0.15) is 0 Å². The summed E-state index contributed by atoms with van der Waals surface area (Å²) in [7, 11) is 0. The molecule has 0 aliphatic carbocycles. The molecule has 94 valence electrons. The molecule has 5 heteroatoms. The summed E-state index contributed by atoms with van der Waals surface area (Å²) in [5.74, 6) is 0.0168. The second-order valence-corrected chi connectivity index (χ2v) is 4.58. The number of rotatable bonds is 1. The van der Waals surface area contributed by atoms with E-state index in [-0.39, 0.29) is 12.1 Å². The van der Waals surface area contributed by atoms with Gasteiger partial charge in [0.2, 0.25) is 0 Å². The fourth-order valence-electron chi connectivity index (χ4n) is 2.32. The monoisotopic (exact) mass is 244 g/mol. The zero-order chi connectivity index (χ0) is 12.5. The summed E-state index contributed by atoms with van der Waals surface area (Å²) in [6.07, 6.45) is -0.132. The van der Waals surface area contributed by atoms with Crippen molar-refractivity contribution in [1.29, 1.82) is 0 Å². The minimum Gasteiger partial charge on any atom is -0.351 e. The van der Waals surface area contributed by atoms with Crippen LogP contribution in [-0.2, 0) is 0 Å². The van der Waals surface area contributed by atoms with Gasteiger partial charge < -0.3 is 15.6 Å². The van der Waals surface area contributed by atoms with E-state index in [0.29, 0.717) is 18.8 Å². The summed E-state index contributed by atoms with van der Waals surface area (Å²) in [6, 6.07) is 9.77. The van der Waals surface area contributed by atoms with E-state index in [0.717, 1.165) is 17.4 Å². The van der Waals surface area contributed by atoms with Crippen LogP contribution in [0, 0.1) is 0 Å². The average Bonchev–Trinajstić information content (AvgIpc) is 2.81. The van der Waals surface area contributed by atoms with Gasteiger partial charge >= 0.3 is 0 Å². The third-order valence-corrected chi connectivity index (χ3v) is 3.25. The number of hydrogen-bond acceptors (Lipinski definition) is 3.